The normalized spacial score (nSPS) is 13.4. The summed E-state index contributed by atoms with van der Waals surface area (Å²) in [6, 6.07) is 28.6. The zero-order valence-corrected chi connectivity index (χ0v) is 21.5. The summed E-state index contributed by atoms with van der Waals surface area (Å²) < 4.78 is 24.0. The van der Waals surface area contributed by atoms with Crippen LogP contribution in [0.4, 0.5) is 0 Å². The number of carbonyl (C=O) groups excluding carboxylic acids is 1. The van der Waals surface area contributed by atoms with Gasteiger partial charge in [-0.2, -0.15) is 9.97 Å². The van der Waals surface area contributed by atoms with Crippen molar-refractivity contribution in [3.8, 4) is 11.9 Å². The highest BCUT2D eigenvalue weighted by Crippen LogP contribution is 2.40. The highest BCUT2D eigenvalue weighted by molar-refractivity contribution is 5.78. The topological polar surface area (TPSA) is 79.8 Å². The Morgan fingerprint density at radius 1 is 0.842 bits per heavy atom. The van der Waals surface area contributed by atoms with Crippen molar-refractivity contribution in [3.63, 3.8) is 0 Å². The van der Waals surface area contributed by atoms with Crippen molar-refractivity contribution in [2.75, 3.05) is 14.2 Å². The zero-order valence-electron chi connectivity index (χ0n) is 21.5. The Kier molecular flexibility index (Phi) is 7.65. The van der Waals surface area contributed by atoms with Crippen molar-refractivity contribution in [1.29, 1.82) is 0 Å². The average Bonchev–Trinajstić information content (AvgIpc) is 3.46. The summed E-state index contributed by atoms with van der Waals surface area (Å²) in [4.78, 5) is 23.1. The lowest BCUT2D eigenvalue weighted by Gasteiger charge is -2.38. The Bertz CT molecular complexity index is 1320. The number of ether oxygens (including phenoxy) is 4. The molecule has 7 nitrogen and oxygen atoms in total. The maximum absolute atomic E-state index is 13.9. The quantitative estimate of drug-likeness (QED) is 0.276. The first kappa shape index (κ1) is 25.4. The Labute approximate surface area is 222 Å². The van der Waals surface area contributed by atoms with E-state index in [9.17, 15) is 4.79 Å². The predicted octanol–water partition coefficient (Wildman–Crippen LogP) is 5.05. The smallest absolute Gasteiger partial charge is 0.351 e. The Morgan fingerprint density at radius 2 is 1.45 bits per heavy atom. The summed E-state index contributed by atoms with van der Waals surface area (Å²) >= 11 is 0. The summed E-state index contributed by atoms with van der Waals surface area (Å²) in [6.45, 7) is 0.0806. The van der Waals surface area contributed by atoms with Gasteiger partial charge in [0.15, 0.2) is 5.60 Å². The van der Waals surface area contributed by atoms with Crippen LogP contribution in [-0.4, -0.2) is 36.3 Å². The van der Waals surface area contributed by atoms with Crippen molar-refractivity contribution >= 4 is 5.97 Å². The molecular formula is C31H30N2O5. The number of methoxy groups -OCH3 is 2. The third-order valence-electron chi connectivity index (χ3n) is 6.83. The molecule has 3 aromatic carbocycles. The summed E-state index contributed by atoms with van der Waals surface area (Å²) in [6.07, 6.45) is 1.32. The molecule has 0 saturated heterocycles. The van der Waals surface area contributed by atoms with Gasteiger partial charge >= 0.3 is 12.0 Å². The molecule has 5 rings (SSSR count). The monoisotopic (exact) mass is 510 g/mol. The van der Waals surface area contributed by atoms with Crippen LogP contribution in [-0.2, 0) is 39.3 Å². The van der Waals surface area contributed by atoms with Crippen molar-refractivity contribution < 1.29 is 23.7 Å². The lowest BCUT2D eigenvalue weighted by Crippen LogP contribution is -2.51. The Hall–Kier alpha value is -4.23. The highest BCUT2D eigenvalue weighted by Gasteiger charge is 2.50. The molecule has 1 unspecified atom stereocenters. The van der Waals surface area contributed by atoms with Gasteiger partial charge < -0.3 is 18.9 Å². The number of aryl methyl sites for hydroxylation is 1. The first-order chi connectivity index (χ1) is 18.7. The second kappa shape index (κ2) is 11.4. The predicted molar refractivity (Wildman–Crippen MR) is 142 cm³/mol. The largest absolute Gasteiger partial charge is 0.481 e. The zero-order chi connectivity index (χ0) is 26.4. The first-order valence-corrected chi connectivity index (χ1v) is 12.6. The molecular weight excluding hydrogens is 480 g/mol. The van der Waals surface area contributed by atoms with E-state index in [-0.39, 0.29) is 12.6 Å². The fourth-order valence-corrected chi connectivity index (χ4v) is 4.99. The minimum Gasteiger partial charge on any atom is -0.481 e. The molecule has 0 saturated carbocycles. The molecule has 1 aromatic heterocycles. The fraction of sp³-hybridized carbons (Fsp3) is 0.258. The van der Waals surface area contributed by atoms with E-state index >= 15 is 0 Å². The van der Waals surface area contributed by atoms with Gasteiger partial charge in [-0.15, -0.1) is 0 Å². The third-order valence-corrected chi connectivity index (χ3v) is 6.83. The van der Waals surface area contributed by atoms with E-state index < -0.39 is 17.7 Å². The molecule has 4 aromatic rings. The number of benzene rings is 3. The van der Waals surface area contributed by atoms with Gasteiger partial charge in [-0.1, -0.05) is 91.0 Å². The summed E-state index contributed by atoms with van der Waals surface area (Å²) in [7, 11) is 3.13. The highest BCUT2D eigenvalue weighted by atomic mass is 16.6. The molecule has 0 radical (unpaired) electrons. The number of hydrogen-bond acceptors (Lipinski definition) is 7. The number of carbonyl (C=O) groups is 1. The van der Waals surface area contributed by atoms with E-state index in [4.69, 9.17) is 18.9 Å². The van der Waals surface area contributed by atoms with Gasteiger partial charge in [0.2, 0.25) is 12.0 Å². The second-order valence-corrected chi connectivity index (χ2v) is 9.06. The van der Waals surface area contributed by atoms with Crippen LogP contribution in [0.25, 0.3) is 0 Å². The van der Waals surface area contributed by atoms with E-state index in [0.717, 1.165) is 47.2 Å². The molecule has 38 heavy (non-hydrogen) atoms. The van der Waals surface area contributed by atoms with Crippen LogP contribution in [0.5, 0.6) is 11.9 Å². The Balaban J connectivity index is 1.61. The molecule has 1 atom stereocenters. The molecule has 0 fully saturated rings. The summed E-state index contributed by atoms with van der Waals surface area (Å²) in [5, 5.41) is 0. The van der Waals surface area contributed by atoms with E-state index in [0.29, 0.717) is 5.88 Å². The molecule has 1 aliphatic carbocycles. The molecule has 1 aliphatic rings. The lowest BCUT2D eigenvalue weighted by atomic mass is 9.81. The molecule has 0 amide bonds. The molecule has 1 heterocycles. The molecule has 0 spiro atoms. The van der Waals surface area contributed by atoms with Crippen LogP contribution in [0.3, 0.4) is 0 Å². The van der Waals surface area contributed by atoms with Gasteiger partial charge in [0.05, 0.1) is 12.8 Å². The van der Waals surface area contributed by atoms with Gasteiger partial charge in [0.1, 0.15) is 6.61 Å². The van der Waals surface area contributed by atoms with Crippen molar-refractivity contribution in [1.82, 2.24) is 9.97 Å². The number of fused-ring (bicyclic) bond motifs is 1. The Morgan fingerprint density at radius 3 is 2.03 bits per heavy atom. The van der Waals surface area contributed by atoms with Crippen LogP contribution in [0, 0.1) is 0 Å². The molecule has 0 aliphatic heterocycles. The minimum absolute atomic E-state index is 0.0393. The number of rotatable bonds is 10. The first-order valence-electron chi connectivity index (χ1n) is 12.6. The van der Waals surface area contributed by atoms with E-state index in [1.165, 1.54) is 0 Å². The second-order valence-electron chi connectivity index (χ2n) is 9.06. The van der Waals surface area contributed by atoms with Gasteiger partial charge in [-0.3, -0.25) is 0 Å². The average molecular weight is 511 g/mol. The lowest BCUT2D eigenvalue weighted by molar-refractivity contribution is -0.168. The minimum atomic E-state index is -1.36. The molecule has 7 heteroatoms. The van der Waals surface area contributed by atoms with Crippen LogP contribution in [0.15, 0.2) is 91.0 Å². The standard InChI is InChI=1S/C31H30N2O5/c1-35-28-25-19-12-20-26(25)32-30(33-28)38-27(29(34)37-21-22-13-6-3-7-14-22)31(36-2,23-15-8-4-9-16-23)24-17-10-5-11-18-24/h3-11,13-18,27H,12,19-21H2,1-2H3. The van der Waals surface area contributed by atoms with Crippen molar-refractivity contribution in [2.45, 2.75) is 37.6 Å². The fourth-order valence-electron chi connectivity index (χ4n) is 4.99. The van der Waals surface area contributed by atoms with E-state index in [1.807, 2.05) is 91.0 Å². The number of esters is 1. The maximum Gasteiger partial charge on any atom is 0.351 e. The van der Waals surface area contributed by atoms with Crippen LogP contribution in [0.1, 0.15) is 34.4 Å². The number of nitrogens with zero attached hydrogens (tertiary/aromatic N) is 2. The van der Waals surface area contributed by atoms with Crippen molar-refractivity contribution in [2.24, 2.45) is 0 Å². The van der Waals surface area contributed by atoms with E-state index in [1.54, 1.807) is 14.2 Å². The summed E-state index contributed by atoms with van der Waals surface area (Å²) in [5.41, 5.74) is 2.80. The molecule has 0 bridgehead atoms. The van der Waals surface area contributed by atoms with Crippen molar-refractivity contribution in [3.05, 3.63) is 119 Å². The number of hydrogen-bond donors (Lipinski definition) is 0. The van der Waals surface area contributed by atoms with Gasteiger partial charge in [0.25, 0.3) is 0 Å². The van der Waals surface area contributed by atoms with E-state index in [2.05, 4.69) is 9.97 Å². The van der Waals surface area contributed by atoms with Gasteiger partial charge in [0, 0.05) is 12.7 Å². The molecule has 0 N–H and O–H groups in total. The van der Waals surface area contributed by atoms with Crippen LogP contribution < -0.4 is 9.47 Å². The molecule has 194 valence electrons. The summed E-state index contributed by atoms with van der Waals surface area (Å²) in [5.74, 6) is -0.146. The van der Waals surface area contributed by atoms with Crippen LogP contribution >= 0.6 is 0 Å². The number of aromatic nitrogens is 2. The van der Waals surface area contributed by atoms with Gasteiger partial charge in [-0.25, -0.2) is 4.79 Å². The third kappa shape index (κ3) is 4.97. The maximum atomic E-state index is 13.9. The SMILES string of the molecule is COc1nc(OC(C(=O)OCc2ccccc2)C(OC)(c2ccccc2)c2ccccc2)nc2c1CCC2. The van der Waals surface area contributed by atoms with Crippen LogP contribution in [0.2, 0.25) is 0 Å². The van der Waals surface area contributed by atoms with Gasteiger partial charge in [-0.05, 0) is 36.0 Å².